The number of benzene rings is 1. The van der Waals surface area contributed by atoms with Crippen LogP contribution in [0, 0.1) is 16.0 Å². The normalized spacial score (nSPS) is 12.7. The maximum atomic E-state index is 12.5. The molecule has 0 aliphatic heterocycles. The molecular weight excluding hydrogens is 362 g/mol. The molecule has 1 heterocycles. The molecule has 2 aromatic rings. The number of non-ortho nitro benzene ring substituents is 1. The van der Waals surface area contributed by atoms with E-state index in [-0.39, 0.29) is 23.0 Å². The summed E-state index contributed by atoms with van der Waals surface area (Å²) in [4.78, 5) is 22.2. The van der Waals surface area contributed by atoms with Crippen molar-refractivity contribution in [1.29, 1.82) is 0 Å². The van der Waals surface area contributed by atoms with Crippen molar-refractivity contribution in [2.24, 2.45) is 5.92 Å². The van der Waals surface area contributed by atoms with Gasteiger partial charge in [-0.05, 0) is 24.1 Å². The number of rotatable bonds is 8. The van der Waals surface area contributed by atoms with E-state index in [4.69, 9.17) is 4.42 Å². The second-order valence-corrected chi connectivity index (χ2v) is 7.61. The molecule has 0 bridgehead atoms. The molecule has 0 unspecified atom stereocenters. The summed E-state index contributed by atoms with van der Waals surface area (Å²) in [6, 6.07) is 6.94. The molecule has 0 radical (unpaired) electrons. The molecule has 0 saturated carbocycles. The highest BCUT2D eigenvalue weighted by Gasteiger charge is 2.29. The maximum absolute atomic E-state index is 12.5. The van der Waals surface area contributed by atoms with Gasteiger partial charge in [0.15, 0.2) is 0 Å². The van der Waals surface area contributed by atoms with Gasteiger partial charge in [0.2, 0.25) is 15.9 Å². The van der Waals surface area contributed by atoms with Crippen LogP contribution < -0.4 is 10.0 Å². The molecule has 1 aromatic carbocycles. The van der Waals surface area contributed by atoms with Crippen molar-refractivity contribution in [3.8, 4) is 0 Å². The molecule has 2 rings (SSSR count). The lowest BCUT2D eigenvalue weighted by Crippen LogP contribution is -2.49. The van der Waals surface area contributed by atoms with Crippen LogP contribution in [0.25, 0.3) is 0 Å². The van der Waals surface area contributed by atoms with Crippen LogP contribution in [0.5, 0.6) is 0 Å². The third-order valence-corrected chi connectivity index (χ3v) is 5.03. The summed E-state index contributed by atoms with van der Waals surface area (Å²) in [6.07, 6.45) is 1.46. The fourth-order valence-electron chi connectivity index (χ4n) is 2.19. The Morgan fingerprint density at radius 3 is 2.58 bits per heavy atom. The van der Waals surface area contributed by atoms with Crippen molar-refractivity contribution in [3.63, 3.8) is 0 Å². The molecule has 140 valence electrons. The van der Waals surface area contributed by atoms with Gasteiger partial charge in [-0.15, -0.1) is 0 Å². The zero-order valence-corrected chi connectivity index (χ0v) is 15.0. The Morgan fingerprint density at radius 1 is 1.27 bits per heavy atom. The third kappa shape index (κ3) is 4.90. The number of nitrogens with zero attached hydrogens (tertiary/aromatic N) is 1. The van der Waals surface area contributed by atoms with Gasteiger partial charge >= 0.3 is 0 Å². The molecule has 1 aromatic heterocycles. The van der Waals surface area contributed by atoms with Crippen LogP contribution in [0.3, 0.4) is 0 Å². The van der Waals surface area contributed by atoms with Crippen LogP contribution in [0.2, 0.25) is 0 Å². The lowest BCUT2D eigenvalue weighted by atomic mass is 10.1. The van der Waals surface area contributed by atoms with Crippen LogP contribution in [-0.2, 0) is 21.4 Å². The number of nitro benzene ring substituents is 1. The van der Waals surface area contributed by atoms with Gasteiger partial charge in [0.05, 0.1) is 22.6 Å². The molecule has 1 amide bonds. The zero-order valence-electron chi connectivity index (χ0n) is 14.2. The van der Waals surface area contributed by atoms with Gasteiger partial charge in [-0.1, -0.05) is 19.9 Å². The van der Waals surface area contributed by atoms with E-state index in [1.165, 1.54) is 24.5 Å². The minimum atomic E-state index is -4.12. The first-order chi connectivity index (χ1) is 12.2. The van der Waals surface area contributed by atoms with Crippen LogP contribution in [0.4, 0.5) is 5.69 Å². The number of furan rings is 1. The molecule has 26 heavy (non-hydrogen) atoms. The lowest BCUT2D eigenvalue weighted by Gasteiger charge is -2.21. The monoisotopic (exact) mass is 381 g/mol. The average Bonchev–Trinajstić information content (AvgIpc) is 3.11. The minimum absolute atomic E-state index is 0.119. The highest BCUT2D eigenvalue weighted by atomic mass is 32.2. The molecule has 0 aliphatic carbocycles. The number of hydrogen-bond acceptors (Lipinski definition) is 6. The van der Waals surface area contributed by atoms with Crippen molar-refractivity contribution >= 4 is 21.6 Å². The molecule has 0 fully saturated rings. The van der Waals surface area contributed by atoms with Gasteiger partial charge in [-0.25, -0.2) is 8.42 Å². The second-order valence-electron chi connectivity index (χ2n) is 5.89. The van der Waals surface area contributed by atoms with Crippen molar-refractivity contribution in [2.75, 3.05) is 0 Å². The van der Waals surface area contributed by atoms with Crippen LogP contribution in [0.15, 0.2) is 52.0 Å². The molecule has 0 saturated heterocycles. The number of nitro groups is 1. The molecule has 0 aliphatic rings. The Bertz CT molecular complexity index is 877. The van der Waals surface area contributed by atoms with Crippen molar-refractivity contribution in [1.82, 2.24) is 10.0 Å². The maximum Gasteiger partial charge on any atom is 0.270 e. The van der Waals surface area contributed by atoms with Gasteiger partial charge in [0.25, 0.3) is 5.69 Å². The first kappa shape index (κ1) is 19.6. The summed E-state index contributed by atoms with van der Waals surface area (Å²) < 4.78 is 32.5. The number of amides is 1. The van der Waals surface area contributed by atoms with Gasteiger partial charge in [0, 0.05) is 12.1 Å². The van der Waals surface area contributed by atoms with Crippen LogP contribution in [-0.4, -0.2) is 25.3 Å². The van der Waals surface area contributed by atoms with Gasteiger partial charge in [-0.2, -0.15) is 4.72 Å². The van der Waals surface area contributed by atoms with E-state index in [2.05, 4.69) is 10.0 Å². The lowest BCUT2D eigenvalue weighted by molar-refractivity contribution is -0.385. The smallest absolute Gasteiger partial charge is 0.270 e. The fraction of sp³-hybridized carbons (Fsp3) is 0.312. The average molecular weight is 381 g/mol. The number of sulfonamides is 1. The first-order valence-corrected chi connectivity index (χ1v) is 9.26. The SMILES string of the molecule is CC(C)[C@@H](NS(=O)(=O)c1cccc([N+](=O)[O-])c1)C(=O)NCc1ccco1. The topological polar surface area (TPSA) is 132 Å². The summed E-state index contributed by atoms with van der Waals surface area (Å²) in [7, 11) is -4.12. The van der Waals surface area contributed by atoms with E-state index in [1.54, 1.807) is 26.0 Å². The van der Waals surface area contributed by atoms with Crippen LogP contribution in [0.1, 0.15) is 19.6 Å². The summed E-state index contributed by atoms with van der Waals surface area (Å²) in [5, 5.41) is 13.4. The predicted molar refractivity (Wildman–Crippen MR) is 92.6 cm³/mol. The second kappa shape index (κ2) is 8.11. The third-order valence-electron chi connectivity index (χ3n) is 3.59. The van der Waals surface area contributed by atoms with Gasteiger partial charge < -0.3 is 9.73 Å². The van der Waals surface area contributed by atoms with E-state index >= 15 is 0 Å². The highest BCUT2D eigenvalue weighted by molar-refractivity contribution is 7.89. The molecule has 0 spiro atoms. The Hall–Kier alpha value is -2.72. The predicted octanol–water partition coefficient (Wildman–Crippen LogP) is 1.81. The molecule has 1 atom stereocenters. The van der Waals surface area contributed by atoms with Gasteiger partial charge in [-0.3, -0.25) is 14.9 Å². The number of nitrogens with one attached hydrogen (secondary N) is 2. The number of carbonyl (C=O) groups is 1. The molecular formula is C16H19N3O6S. The summed E-state index contributed by atoms with van der Waals surface area (Å²) in [5.74, 6) is -0.340. The van der Waals surface area contributed by atoms with E-state index in [1.807, 2.05) is 0 Å². The van der Waals surface area contributed by atoms with Gasteiger partial charge in [0.1, 0.15) is 11.8 Å². The zero-order chi connectivity index (χ0) is 19.3. The first-order valence-electron chi connectivity index (χ1n) is 7.77. The fourth-order valence-corrected chi connectivity index (χ4v) is 3.57. The Morgan fingerprint density at radius 2 is 2.00 bits per heavy atom. The Labute approximate surface area is 150 Å². The van der Waals surface area contributed by atoms with Crippen molar-refractivity contribution < 1.29 is 22.6 Å². The van der Waals surface area contributed by atoms with E-state index in [0.29, 0.717) is 5.76 Å². The summed E-state index contributed by atoms with van der Waals surface area (Å²) in [5.41, 5.74) is -0.351. The van der Waals surface area contributed by atoms with Crippen molar-refractivity contribution in [3.05, 3.63) is 58.5 Å². The quantitative estimate of drug-likeness (QED) is 0.529. The molecule has 2 N–H and O–H groups in total. The van der Waals surface area contributed by atoms with E-state index in [9.17, 15) is 23.3 Å². The largest absolute Gasteiger partial charge is 0.467 e. The van der Waals surface area contributed by atoms with Crippen LogP contribution >= 0.6 is 0 Å². The Balaban J connectivity index is 2.16. The van der Waals surface area contributed by atoms with E-state index in [0.717, 1.165) is 6.07 Å². The Kier molecular flexibility index (Phi) is 6.11. The minimum Gasteiger partial charge on any atom is -0.467 e. The van der Waals surface area contributed by atoms with Crippen molar-refractivity contribution in [2.45, 2.75) is 31.3 Å². The highest BCUT2D eigenvalue weighted by Crippen LogP contribution is 2.18. The molecule has 10 heteroatoms. The molecule has 9 nitrogen and oxygen atoms in total. The van der Waals surface area contributed by atoms with E-state index < -0.39 is 26.9 Å². The summed E-state index contributed by atoms with van der Waals surface area (Å²) >= 11 is 0. The number of hydrogen-bond donors (Lipinski definition) is 2. The summed E-state index contributed by atoms with van der Waals surface area (Å²) in [6.45, 7) is 3.49. The standard InChI is InChI=1S/C16H19N3O6S/c1-11(2)15(16(20)17-10-13-6-4-8-25-13)18-26(23,24)14-7-3-5-12(9-14)19(21)22/h3-9,11,15,18H,10H2,1-2H3,(H,17,20)/t15-/m1/s1. The number of carbonyl (C=O) groups excluding carboxylic acids is 1.